The highest BCUT2D eigenvalue weighted by molar-refractivity contribution is 9.10. The minimum atomic E-state index is -0.250. The van der Waals surface area contributed by atoms with Crippen LogP contribution in [0.2, 0.25) is 0 Å². The summed E-state index contributed by atoms with van der Waals surface area (Å²) in [7, 11) is 0. The number of hydrogen-bond donors (Lipinski definition) is 2. The number of rotatable bonds is 9. The highest BCUT2D eigenvalue weighted by atomic mass is 79.9. The van der Waals surface area contributed by atoms with E-state index >= 15 is 0 Å². The van der Waals surface area contributed by atoms with Crippen molar-refractivity contribution in [1.82, 2.24) is 0 Å². The quantitative estimate of drug-likeness (QED) is 0.484. The van der Waals surface area contributed by atoms with Crippen LogP contribution in [0.15, 0.2) is 46.9 Å². The number of hydrogen-bond acceptors (Lipinski definition) is 3. The molecule has 0 fully saturated rings. The lowest BCUT2D eigenvalue weighted by atomic mass is 9.99. The lowest BCUT2D eigenvalue weighted by molar-refractivity contribution is -0.118. The second-order valence-corrected chi connectivity index (χ2v) is 8.41. The highest BCUT2D eigenvalue weighted by Gasteiger charge is 2.10. The van der Waals surface area contributed by atoms with E-state index in [2.05, 4.69) is 40.4 Å². The largest absolute Gasteiger partial charge is 0.483 e. The van der Waals surface area contributed by atoms with Crippen molar-refractivity contribution in [1.29, 1.82) is 0 Å². The van der Waals surface area contributed by atoms with Crippen LogP contribution in [0.25, 0.3) is 0 Å². The minimum absolute atomic E-state index is 0.0184. The van der Waals surface area contributed by atoms with Crippen molar-refractivity contribution < 1.29 is 14.3 Å². The fourth-order valence-corrected chi connectivity index (χ4v) is 3.25. The van der Waals surface area contributed by atoms with Gasteiger partial charge in [0, 0.05) is 17.8 Å². The van der Waals surface area contributed by atoms with E-state index in [-0.39, 0.29) is 18.4 Å². The maximum atomic E-state index is 12.2. The van der Waals surface area contributed by atoms with E-state index in [0.29, 0.717) is 35.4 Å². The zero-order valence-electron chi connectivity index (χ0n) is 17.4. The molecule has 0 spiro atoms. The molecule has 0 aliphatic heterocycles. The molecule has 0 bridgehead atoms. The van der Waals surface area contributed by atoms with Crippen LogP contribution < -0.4 is 15.4 Å². The SMILES string of the molecule is CCC(C)c1ccc(OCC(=O)Nc2ccc(NC(=O)CC(C)C)cc2)c(Br)c1. The standard InChI is InChI=1S/C23H29BrN2O3/c1-5-16(4)17-6-11-21(20(24)13-17)29-14-23(28)26-19-9-7-18(8-10-19)25-22(27)12-15(2)3/h6-11,13,15-16H,5,12,14H2,1-4H3,(H,25,27)(H,26,28). The molecule has 0 saturated carbocycles. The summed E-state index contributed by atoms with van der Waals surface area (Å²) >= 11 is 3.51. The predicted molar refractivity (Wildman–Crippen MR) is 121 cm³/mol. The lowest BCUT2D eigenvalue weighted by Crippen LogP contribution is -2.20. The smallest absolute Gasteiger partial charge is 0.262 e. The van der Waals surface area contributed by atoms with Crippen LogP contribution in [0.3, 0.4) is 0 Å². The highest BCUT2D eigenvalue weighted by Crippen LogP contribution is 2.30. The molecular formula is C23H29BrN2O3. The van der Waals surface area contributed by atoms with Gasteiger partial charge in [0.05, 0.1) is 4.47 Å². The molecule has 2 rings (SSSR count). The van der Waals surface area contributed by atoms with Crippen molar-refractivity contribution in [3.8, 4) is 5.75 Å². The van der Waals surface area contributed by atoms with Gasteiger partial charge in [0.2, 0.25) is 5.91 Å². The summed E-state index contributed by atoms with van der Waals surface area (Å²) in [5.74, 6) is 1.15. The maximum absolute atomic E-state index is 12.2. The van der Waals surface area contributed by atoms with Crippen molar-refractivity contribution in [3.05, 3.63) is 52.5 Å². The first-order valence-corrected chi connectivity index (χ1v) is 10.7. The number of ether oxygens (including phenoxy) is 1. The number of carbonyl (C=O) groups excluding carboxylic acids is 2. The summed E-state index contributed by atoms with van der Waals surface area (Å²) in [6, 6.07) is 13.0. The molecule has 2 amide bonds. The Morgan fingerprint density at radius 3 is 2.07 bits per heavy atom. The van der Waals surface area contributed by atoms with Crippen LogP contribution in [-0.2, 0) is 9.59 Å². The average molecular weight is 461 g/mol. The summed E-state index contributed by atoms with van der Waals surface area (Å²) in [4.78, 5) is 24.0. The Morgan fingerprint density at radius 1 is 0.966 bits per heavy atom. The summed E-state index contributed by atoms with van der Waals surface area (Å²) in [6.45, 7) is 8.24. The van der Waals surface area contributed by atoms with Gasteiger partial charge >= 0.3 is 0 Å². The fraction of sp³-hybridized carbons (Fsp3) is 0.391. The third kappa shape index (κ3) is 7.54. The Bertz CT molecular complexity index is 835. The number of amides is 2. The number of nitrogens with one attached hydrogen (secondary N) is 2. The Kier molecular flexibility index (Phi) is 8.70. The van der Waals surface area contributed by atoms with Crippen molar-refractivity contribution in [2.24, 2.45) is 5.92 Å². The van der Waals surface area contributed by atoms with Gasteiger partial charge in [0.15, 0.2) is 6.61 Å². The van der Waals surface area contributed by atoms with Crippen LogP contribution in [0, 0.1) is 5.92 Å². The molecule has 1 unspecified atom stereocenters. The molecule has 0 aliphatic rings. The van der Waals surface area contributed by atoms with Crippen LogP contribution in [-0.4, -0.2) is 18.4 Å². The number of anilines is 2. The van der Waals surface area contributed by atoms with Crippen LogP contribution in [0.1, 0.15) is 52.0 Å². The average Bonchev–Trinajstić information content (AvgIpc) is 2.67. The Morgan fingerprint density at radius 2 is 1.55 bits per heavy atom. The van der Waals surface area contributed by atoms with Crippen molar-refractivity contribution >= 4 is 39.1 Å². The molecule has 0 aromatic heterocycles. The first-order valence-electron chi connectivity index (χ1n) is 9.90. The zero-order chi connectivity index (χ0) is 21.4. The fourth-order valence-electron chi connectivity index (χ4n) is 2.74. The predicted octanol–water partition coefficient (Wildman–Crippen LogP) is 5.96. The first-order chi connectivity index (χ1) is 13.8. The topological polar surface area (TPSA) is 67.4 Å². The monoisotopic (exact) mass is 460 g/mol. The number of carbonyl (C=O) groups is 2. The molecule has 2 N–H and O–H groups in total. The van der Waals surface area contributed by atoms with Gasteiger partial charge in [-0.2, -0.15) is 0 Å². The summed E-state index contributed by atoms with van der Waals surface area (Å²) < 4.78 is 6.47. The normalized spacial score (nSPS) is 11.8. The molecule has 156 valence electrons. The van der Waals surface area contributed by atoms with Gasteiger partial charge in [-0.25, -0.2) is 0 Å². The van der Waals surface area contributed by atoms with E-state index in [0.717, 1.165) is 10.9 Å². The number of benzene rings is 2. The van der Waals surface area contributed by atoms with Crippen molar-refractivity contribution in [2.45, 2.75) is 46.5 Å². The van der Waals surface area contributed by atoms with Gasteiger partial charge in [0.1, 0.15) is 5.75 Å². The van der Waals surface area contributed by atoms with Crippen molar-refractivity contribution in [3.63, 3.8) is 0 Å². The lowest BCUT2D eigenvalue weighted by Gasteiger charge is -2.13. The van der Waals surface area contributed by atoms with Gasteiger partial charge in [-0.3, -0.25) is 9.59 Å². The van der Waals surface area contributed by atoms with Gasteiger partial charge in [0.25, 0.3) is 5.91 Å². The van der Waals surface area contributed by atoms with E-state index < -0.39 is 0 Å². The Labute approximate surface area is 181 Å². The van der Waals surface area contributed by atoms with Crippen molar-refractivity contribution in [2.75, 3.05) is 17.2 Å². The molecule has 0 saturated heterocycles. The summed E-state index contributed by atoms with van der Waals surface area (Å²) in [6.07, 6.45) is 1.54. The maximum Gasteiger partial charge on any atom is 0.262 e. The van der Waals surface area contributed by atoms with Gasteiger partial charge < -0.3 is 15.4 Å². The Hall–Kier alpha value is -2.34. The van der Waals surface area contributed by atoms with E-state index in [1.807, 2.05) is 32.0 Å². The van der Waals surface area contributed by atoms with Gasteiger partial charge in [-0.05, 0) is 76.1 Å². The molecular weight excluding hydrogens is 432 g/mol. The molecule has 2 aromatic rings. The molecule has 1 atom stereocenters. The molecule has 6 heteroatoms. The Balaban J connectivity index is 1.85. The van der Waals surface area contributed by atoms with Crippen LogP contribution in [0.5, 0.6) is 5.75 Å². The van der Waals surface area contributed by atoms with Gasteiger partial charge in [-0.1, -0.05) is 33.8 Å². The minimum Gasteiger partial charge on any atom is -0.483 e. The van der Waals surface area contributed by atoms with E-state index in [1.165, 1.54) is 5.56 Å². The summed E-state index contributed by atoms with van der Waals surface area (Å²) in [5.41, 5.74) is 2.58. The second kappa shape index (κ2) is 11.0. The van der Waals surface area contributed by atoms with E-state index in [4.69, 9.17) is 4.74 Å². The van der Waals surface area contributed by atoms with E-state index in [1.54, 1.807) is 24.3 Å². The van der Waals surface area contributed by atoms with E-state index in [9.17, 15) is 9.59 Å². The molecule has 0 heterocycles. The molecule has 29 heavy (non-hydrogen) atoms. The van der Waals surface area contributed by atoms with Crippen LogP contribution in [0.4, 0.5) is 11.4 Å². The molecule has 2 aromatic carbocycles. The third-order valence-electron chi connectivity index (χ3n) is 4.54. The molecule has 0 aliphatic carbocycles. The van der Waals surface area contributed by atoms with Gasteiger partial charge in [-0.15, -0.1) is 0 Å². The number of halogens is 1. The molecule has 0 radical (unpaired) electrons. The second-order valence-electron chi connectivity index (χ2n) is 7.56. The van der Waals surface area contributed by atoms with Crippen LogP contribution >= 0.6 is 15.9 Å². The third-order valence-corrected chi connectivity index (χ3v) is 5.16. The zero-order valence-corrected chi connectivity index (χ0v) is 19.0. The molecule has 5 nitrogen and oxygen atoms in total. The summed E-state index contributed by atoms with van der Waals surface area (Å²) in [5, 5.41) is 5.63. The first kappa shape index (κ1) is 22.9.